The Hall–Kier alpha value is -1.83. The lowest BCUT2D eigenvalue weighted by atomic mass is 9.86. The summed E-state index contributed by atoms with van der Waals surface area (Å²) in [5.74, 6) is 5.43. The minimum absolute atomic E-state index is 0.0608. The molecule has 0 amide bonds. The molecule has 2 aromatic carbocycles. The Morgan fingerprint density at radius 3 is 1.29 bits per heavy atom. The minimum Gasteiger partial charge on any atom is -0.612 e. The highest BCUT2D eigenvalue weighted by atomic mass is 27.2. The van der Waals surface area contributed by atoms with E-state index in [0.29, 0.717) is 0 Å². The highest BCUT2D eigenvalue weighted by molar-refractivity contribution is 6.44. The molecule has 5 heteroatoms. The third-order valence-electron chi connectivity index (χ3n) is 4.58. The molecule has 0 N–H and O–H groups in total. The third-order valence-corrected chi connectivity index (χ3v) is 5.75. The molecule has 4 nitrogen and oxygen atoms in total. The van der Waals surface area contributed by atoms with Crippen LogP contribution in [0.2, 0.25) is 5.79 Å². The summed E-state index contributed by atoms with van der Waals surface area (Å²) in [4.78, 5) is 0. The molecule has 0 heterocycles. The van der Waals surface area contributed by atoms with Crippen molar-refractivity contribution < 1.29 is 17.1 Å². The number of rotatable bonds is 6. The van der Waals surface area contributed by atoms with E-state index in [1.165, 1.54) is 0 Å². The van der Waals surface area contributed by atoms with Crippen LogP contribution in [0.4, 0.5) is 0 Å². The zero-order valence-corrected chi connectivity index (χ0v) is 19.8. The molecule has 2 aromatic rings. The standard InChI is InChI=1S/2C11H16O2.CH3.Al/c2*1-11(2,3)9-7-8(13-4)5-6-10(9)12;;/h2*5-7,12H,1-4H3;1H3;/q;;;+2/p-2. The van der Waals surface area contributed by atoms with Gasteiger partial charge in [-0.1, -0.05) is 41.5 Å². The van der Waals surface area contributed by atoms with Crippen molar-refractivity contribution in [3.05, 3.63) is 47.5 Å². The summed E-state index contributed by atoms with van der Waals surface area (Å²) in [6.45, 7) is 13.0. The van der Waals surface area contributed by atoms with Crippen LogP contribution in [-0.4, -0.2) is 29.0 Å². The van der Waals surface area contributed by atoms with Crippen LogP contribution in [0.3, 0.4) is 0 Å². The zero-order chi connectivity index (χ0) is 21.1. The van der Waals surface area contributed by atoms with E-state index in [4.69, 9.17) is 17.1 Å². The second-order valence-electron chi connectivity index (χ2n) is 9.03. The molecule has 0 aromatic heterocycles. The maximum atomic E-state index is 6.33. The Bertz CT molecular complexity index is 736. The van der Waals surface area contributed by atoms with Crippen molar-refractivity contribution in [1.29, 1.82) is 0 Å². The molecule has 0 fully saturated rings. The van der Waals surface area contributed by atoms with Crippen molar-refractivity contribution in [2.24, 2.45) is 0 Å². The Kier molecular flexibility index (Phi) is 6.96. The van der Waals surface area contributed by atoms with Crippen LogP contribution in [0.25, 0.3) is 0 Å². The second kappa shape index (κ2) is 8.68. The lowest BCUT2D eigenvalue weighted by molar-refractivity contribution is 0.395. The zero-order valence-electron chi connectivity index (χ0n) is 18.7. The minimum atomic E-state index is -1.99. The van der Waals surface area contributed by atoms with Crippen molar-refractivity contribution in [2.75, 3.05) is 14.2 Å². The van der Waals surface area contributed by atoms with Crippen molar-refractivity contribution >= 4 is 14.8 Å². The SMILES string of the molecule is COc1ccc([O][Al]([CH3])[O]c2ccc(OC)cc2C(C)(C)C)c(C(C)(C)C)c1. The van der Waals surface area contributed by atoms with E-state index in [1.807, 2.05) is 42.2 Å². The first kappa shape index (κ1) is 22.5. The van der Waals surface area contributed by atoms with Gasteiger partial charge in [-0.15, -0.1) is 0 Å². The molecule has 2 rings (SSSR count). The predicted molar refractivity (Wildman–Crippen MR) is 116 cm³/mol. The molecule has 0 atom stereocenters. The van der Waals surface area contributed by atoms with Crippen LogP contribution >= 0.6 is 0 Å². The van der Waals surface area contributed by atoms with Crippen molar-refractivity contribution in [2.45, 2.75) is 58.2 Å². The fourth-order valence-corrected chi connectivity index (χ4v) is 4.21. The van der Waals surface area contributed by atoms with Gasteiger partial charge in [0, 0.05) is 0 Å². The molecule has 0 aliphatic carbocycles. The molecule has 0 unspecified atom stereocenters. The molecular weight excluding hydrogens is 367 g/mol. The number of hydrogen-bond acceptors (Lipinski definition) is 4. The van der Waals surface area contributed by atoms with Crippen LogP contribution in [0.5, 0.6) is 23.0 Å². The summed E-state index contributed by atoms with van der Waals surface area (Å²) in [5.41, 5.74) is 2.10. The molecule has 0 aliphatic heterocycles. The maximum absolute atomic E-state index is 6.33. The van der Waals surface area contributed by atoms with Crippen LogP contribution in [0.15, 0.2) is 36.4 Å². The summed E-state index contributed by atoms with van der Waals surface area (Å²) in [6.07, 6.45) is 0. The van der Waals surface area contributed by atoms with Gasteiger partial charge in [0.2, 0.25) is 0 Å². The smallest absolute Gasteiger partial charge is 0.612 e. The van der Waals surface area contributed by atoms with Gasteiger partial charge in [-0.05, 0) is 64.1 Å². The Morgan fingerprint density at radius 1 is 0.643 bits per heavy atom. The lowest BCUT2D eigenvalue weighted by Crippen LogP contribution is -2.29. The van der Waals surface area contributed by atoms with Gasteiger partial charge in [0.05, 0.1) is 25.7 Å². The monoisotopic (exact) mass is 400 g/mol. The predicted octanol–water partition coefficient (Wildman–Crippen LogP) is 5.87. The maximum Gasteiger partial charge on any atom is 0.853 e. The van der Waals surface area contributed by atoms with E-state index in [2.05, 4.69) is 41.5 Å². The van der Waals surface area contributed by atoms with Crippen LogP contribution < -0.4 is 17.1 Å². The number of benzene rings is 2. The Morgan fingerprint density at radius 2 is 1.00 bits per heavy atom. The fraction of sp³-hybridized carbons (Fsp3) is 0.478. The molecule has 0 bridgehead atoms. The second-order valence-corrected chi connectivity index (χ2v) is 10.6. The molecule has 0 saturated carbocycles. The average molecular weight is 400 g/mol. The molecule has 0 spiro atoms. The summed E-state index contributed by atoms with van der Waals surface area (Å²) in [6, 6.07) is 11.9. The first-order valence-electron chi connectivity index (χ1n) is 9.66. The molecular formula is C23H33AlO4. The number of methoxy groups -OCH3 is 2. The number of hydrogen-bond donors (Lipinski definition) is 0. The summed E-state index contributed by atoms with van der Waals surface area (Å²) in [7, 11) is 3.36. The first-order chi connectivity index (χ1) is 13.0. The van der Waals surface area contributed by atoms with Gasteiger partial charge in [-0.25, -0.2) is 0 Å². The Balaban J connectivity index is 2.29. The van der Waals surface area contributed by atoms with Gasteiger partial charge in [-0.2, -0.15) is 0 Å². The summed E-state index contributed by atoms with van der Waals surface area (Å²) in [5, 5.41) is 0. The summed E-state index contributed by atoms with van der Waals surface area (Å²) < 4.78 is 23.4. The van der Waals surface area contributed by atoms with Gasteiger partial charge in [-0.3, -0.25) is 0 Å². The highest BCUT2D eigenvalue weighted by Gasteiger charge is 2.30. The average Bonchev–Trinajstić information content (AvgIpc) is 2.60. The quantitative estimate of drug-likeness (QED) is 0.568. The topological polar surface area (TPSA) is 36.9 Å². The van der Waals surface area contributed by atoms with Gasteiger partial charge in [0.1, 0.15) is 11.5 Å². The van der Waals surface area contributed by atoms with E-state index in [9.17, 15) is 0 Å². The van der Waals surface area contributed by atoms with Gasteiger partial charge in [0.15, 0.2) is 0 Å². The Labute approximate surface area is 174 Å². The largest absolute Gasteiger partial charge is 0.853 e. The van der Waals surface area contributed by atoms with Gasteiger partial charge in [0.25, 0.3) is 0 Å². The van der Waals surface area contributed by atoms with Crippen LogP contribution in [0, 0.1) is 0 Å². The molecule has 0 saturated heterocycles. The van der Waals surface area contributed by atoms with Crippen molar-refractivity contribution in [1.82, 2.24) is 0 Å². The van der Waals surface area contributed by atoms with Crippen molar-refractivity contribution in [3.63, 3.8) is 0 Å². The normalized spacial score (nSPS) is 11.8. The van der Waals surface area contributed by atoms with Crippen LogP contribution in [0.1, 0.15) is 52.7 Å². The lowest BCUT2D eigenvalue weighted by Gasteiger charge is -2.27. The highest BCUT2D eigenvalue weighted by Crippen LogP contribution is 2.37. The number of ether oxygens (including phenoxy) is 2. The van der Waals surface area contributed by atoms with E-state index in [1.54, 1.807) is 14.2 Å². The molecule has 0 radical (unpaired) electrons. The van der Waals surface area contributed by atoms with E-state index in [-0.39, 0.29) is 10.8 Å². The van der Waals surface area contributed by atoms with E-state index in [0.717, 1.165) is 34.1 Å². The van der Waals surface area contributed by atoms with Gasteiger partial charge < -0.3 is 17.1 Å². The van der Waals surface area contributed by atoms with E-state index >= 15 is 0 Å². The fourth-order valence-electron chi connectivity index (χ4n) is 3.03. The third kappa shape index (κ3) is 5.59. The summed E-state index contributed by atoms with van der Waals surface area (Å²) >= 11 is -1.99. The van der Waals surface area contributed by atoms with E-state index < -0.39 is 14.8 Å². The molecule has 152 valence electrons. The van der Waals surface area contributed by atoms with Crippen LogP contribution in [-0.2, 0) is 10.8 Å². The molecule has 0 aliphatic rings. The van der Waals surface area contributed by atoms with Crippen molar-refractivity contribution in [3.8, 4) is 23.0 Å². The van der Waals surface area contributed by atoms with Gasteiger partial charge >= 0.3 is 14.8 Å². The molecule has 28 heavy (non-hydrogen) atoms. The first-order valence-corrected chi connectivity index (χ1v) is 11.8.